The van der Waals surface area contributed by atoms with Crippen molar-refractivity contribution in [1.82, 2.24) is 72.9 Å². The van der Waals surface area contributed by atoms with Gasteiger partial charge in [0, 0.05) is 72.1 Å². The van der Waals surface area contributed by atoms with E-state index < -0.39 is 181 Å². The van der Waals surface area contributed by atoms with Gasteiger partial charge in [-0.2, -0.15) is 13.2 Å². The predicted octanol–water partition coefficient (Wildman–Crippen LogP) is -0.339. The van der Waals surface area contributed by atoms with Gasteiger partial charge >= 0.3 is 12.1 Å². The third-order valence-electron chi connectivity index (χ3n) is 18.0. The number of likely N-dealkylation sites (tertiary alicyclic amines) is 1. The van der Waals surface area contributed by atoms with Gasteiger partial charge in [0.05, 0.1) is 37.4 Å². The van der Waals surface area contributed by atoms with Crippen molar-refractivity contribution < 1.29 is 81.2 Å². The highest BCUT2D eigenvalue weighted by Gasteiger charge is 2.42. The molecule has 524 valence electrons. The van der Waals surface area contributed by atoms with Gasteiger partial charge < -0.3 is 83.4 Å². The molecular weight excluding hydrogens is 1270 g/mol. The second-order valence-corrected chi connectivity index (χ2v) is 25.2. The molecule has 28 nitrogen and oxygen atoms in total. The minimum Gasteiger partial charge on any atom is -0.480 e. The lowest BCUT2D eigenvalue weighted by Crippen LogP contribution is -2.61. The molecule has 3 fully saturated rings. The Hall–Kier alpha value is -9.46. The van der Waals surface area contributed by atoms with Crippen molar-refractivity contribution in [2.24, 2.45) is 5.92 Å². The van der Waals surface area contributed by atoms with Gasteiger partial charge in [-0.1, -0.05) is 62.4 Å². The number of nitrogens with zero attached hydrogens (tertiary/aromatic N) is 2. The van der Waals surface area contributed by atoms with Crippen molar-refractivity contribution in [2.75, 3.05) is 39.3 Å². The monoisotopic (exact) mass is 1350 g/mol. The van der Waals surface area contributed by atoms with Crippen LogP contribution >= 0.6 is 0 Å². The zero-order valence-electron chi connectivity index (χ0n) is 54.3. The summed E-state index contributed by atoms with van der Waals surface area (Å²) in [5, 5.41) is 59.1. The highest BCUT2D eigenvalue weighted by atomic mass is 19.4. The van der Waals surface area contributed by atoms with Crippen LogP contribution in [0.5, 0.6) is 0 Å². The fraction of sp³-hybridized carbons (Fsp3) is 0.500. The summed E-state index contributed by atoms with van der Waals surface area (Å²) in [6.07, 6.45) is -2.67. The first-order valence-electron chi connectivity index (χ1n) is 32.4. The maximum absolute atomic E-state index is 15.0. The Bertz CT molecular complexity index is 3670. The molecule has 0 spiro atoms. The van der Waals surface area contributed by atoms with Crippen molar-refractivity contribution in [3.63, 3.8) is 0 Å². The zero-order chi connectivity index (χ0) is 70.4. The number of alkyl halides is 3. The number of benzene rings is 3. The van der Waals surface area contributed by atoms with Crippen LogP contribution in [0.15, 0.2) is 85.2 Å². The van der Waals surface area contributed by atoms with Gasteiger partial charge in [-0.25, -0.2) is 4.79 Å². The van der Waals surface area contributed by atoms with Gasteiger partial charge in [0.1, 0.15) is 48.3 Å². The van der Waals surface area contributed by atoms with Crippen LogP contribution in [0.25, 0.3) is 21.8 Å². The lowest BCUT2D eigenvalue weighted by Gasteiger charge is -2.35. The highest BCUT2D eigenvalue weighted by Crippen LogP contribution is 2.30. The molecule has 0 radical (unpaired) electrons. The number of hydrogen-bond donors (Lipinski definition) is 15. The predicted molar refractivity (Wildman–Crippen MR) is 346 cm³/mol. The second kappa shape index (κ2) is 33.0. The molecule has 0 saturated carbocycles. The summed E-state index contributed by atoms with van der Waals surface area (Å²) >= 11 is 0. The average Bonchev–Trinajstić information content (AvgIpc) is 1.76. The number of amides is 10. The van der Waals surface area contributed by atoms with Crippen LogP contribution in [0.1, 0.15) is 89.0 Å². The summed E-state index contributed by atoms with van der Waals surface area (Å²) in [4.78, 5) is 165. The summed E-state index contributed by atoms with van der Waals surface area (Å²) in [5.41, 5.74) is 1.59. The Morgan fingerprint density at radius 1 is 0.588 bits per heavy atom. The Morgan fingerprint density at radius 3 is 1.66 bits per heavy atom. The third-order valence-corrected chi connectivity index (χ3v) is 18.0. The molecule has 12 atom stereocenters. The number of aromatic amines is 2. The Kier molecular flexibility index (Phi) is 24.9. The van der Waals surface area contributed by atoms with Crippen LogP contribution in [0.2, 0.25) is 0 Å². The number of aliphatic hydroxyl groups excluding tert-OH is 2. The van der Waals surface area contributed by atoms with Crippen molar-refractivity contribution in [1.29, 1.82) is 0 Å². The first-order valence-corrected chi connectivity index (χ1v) is 32.4. The fourth-order valence-corrected chi connectivity index (χ4v) is 12.5. The topological polar surface area (TPSA) is 407 Å². The van der Waals surface area contributed by atoms with Crippen LogP contribution in [-0.2, 0) is 78.2 Å². The van der Waals surface area contributed by atoms with Crippen LogP contribution in [0.4, 0.5) is 13.2 Å². The zero-order valence-corrected chi connectivity index (χ0v) is 54.3. The number of hydrogen-bond acceptors (Lipinski definition) is 15. The Balaban J connectivity index is 1.11. The number of aliphatic carboxylic acids is 1. The maximum atomic E-state index is 15.0. The van der Waals surface area contributed by atoms with E-state index in [0.29, 0.717) is 58.7 Å². The van der Waals surface area contributed by atoms with Crippen LogP contribution < -0.4 is 53.2 Å². The van der Waals surface area contributed by atoms with Gasteiger partial charge in [0.2, 0.25) is 59.1 Å². The SMILES string of the molecule is CC(C)[C@@H]1NC(=O)[C@H](Cc2c[nH]c3ccccc23)NC(=O)C(Cc2c[nH]c3ccccc23)NC(=O)CNC(=O)[C@H](CO)NC(=O)[C@H]([C@@H](C)O)NC(=O)[C@H](Cc2ccc(C(F)(F)F)cc2)NC(=O)CNC(=O)[C@@H]2CCCN2C(C)[C@H](C)NCC[C@@H](C(=O)N2CCC[C@H]2C(=O)O)NC1=O. The molecule has 5 heterocycles. The van der Waals surface area contributed by atoms with E-state index in [4.69, 9.17) is 0 Å². The number of nitrogens with one attached hydrogen (secondary N) is 12. The molecule has 5 aromatic rings. The van der Waals surface area contributed by atoms with E-state index in [-0.39, 0.29) is 44.3 Å². The molecule has 3 saturated heterocycles. The normalized spacial score (nSPS) is 26.3. The second-order valence-electron chi connectivity index (χ2n) is 25.2. The van der Waals surface area contributed by atoms with E-state index in [1.54, 1.807) is 74.8 Å². The van der Waals surface area contributed by atoms with Gasteiger partial charge in [-0.15, -0.1) is 0 Å². The van der Waals surface area contributed by atoms with E-state index in [1.165, 1.54) is 4.90 Å². The molecule has 10 amide bonds. The summed E-state index contributed by atoms with van der Waals surface area (Å²) in [6, 6.07) is 3.96. The van der Waals surface area contributed by atoms with Crippen LogP contribution in [0, 0.1) is 5.92 Å². The van der Waals surface area contributed by atoms with Crippen LogP contribution in [0.3, 0.4) is 0 Å². The number of halogens is 3. The molecule has 8 rings (SSSR count). The number of carboxylic acid groups (broad SMARTS) is 1. The number of carbonyl (C=O) groups is 11. The molecule has 97 heavy (non-hydrogen) atoms. The van der Waals surface area contributed by atoms with E-state index in [2.05, 4.69) is 63.1 Å². The standard InChI is InChI=1S/C66H85F3N14O14/c1-34(2)55-62(93)77-46(64(95)83-25-11-17-52(83)65(96)97)22-23-70-35(3)36(4)82-24-10-16-51(82)61(92)74-32-54(87)75-47(26-38-18-20-41(21-19-38)66(67,68)69)59(90)81-56(37(5)85)63(94)79-50(33-84)57(88)73-31-53(86)76-48(27-39-29-71-44-14-8-6-12-42(39)44)58(89)78-49(60(91)80-55)28-40-30-72-45-15-9-7-13-43(40)45/h6-9,12-15,18-21,29-30,34-37,46-52,55-56,70-72,84-85H,10-11,16-17,22-28,31-33H2,1-5H3,(H,73,88)(H,74,92)(H,75,87)(H,76,86)(H,77,93)(H,78,89)(H,79,94)(H,80,91)(H,81,90)(H,96,97)/t35-,36?,37+,46-,47-,48?,49-,50-,51-,52-,55-,56-/m0/s1. The summed E-state index contributed by atoms with van der Waals surface area (Å²) in [7, 11) is 0. The number of rotatable bonds is 11. The molecule has 2 unspecified atom stereocenters. The molecule has 31 heteroatoms. The number of aromatic nitrogens is 2. The van der Waals surface area contributed by atoms with Crippen LogP contribution in [-0.4, -0.2) is 212 Å². The molecule has 0 bridgehead atoms. The highest BCUT2D eigenvalue weighted by molar-refractivity contribution is 5.99. The maximum Gasteiger partial charge on any atom is 0.416 e. The fourth-order valence-electron chi connectivity index (χ4n) is 12.5. The smallest absolute Gasteiger partial charge is 0.416 e. The van der Waals surface area contributed by atoms with E-state index >= 15 is 4.79 Å². The molecule has 2 aromatic heterocycles. The number of fused-ring (bicyclic) bond motifs is 3. The minimum absolute atomic E-state index is 0.0612. The lowest BCUT2D eigenvalue weighted by molar-refractivity contribution is -0.149. The molecule has 3 aliphatic heterocycles. The summed E-state index contributed by atoms with van der Waals surface area (Å²) in [5.74, 6) is -11.2. The first-order chi connectivity index (χ1) is 46.1. The molecular formula is C66H85F3N14O14. The molecule has 15 N–H and O–H groups in total. The van der Waals surface area contributed by atoms with Gasteiger partial charge in [0.15, 0.2) is 0 Å². The van der Waals surface area contributed by atoms with Gasteiger partial charge in [-0.3, -0.25) is 52.8 Å². The third kappa shape index (κ3) is 19.0. The van der Waals surface area contributed by atoms with Gasteiger partial charge in [-0.05, 0) is 113 Å². The minimum atomic E-state index is -4.72. The molecule has 3 aliphatic rings. The first kappa shape index (κ1) is 73.4. The summed E-state index contributed by atoms with van der Waals surface area (Å²) in [6.45, 7) is 5.96. The number of aliphatic hydroxyl groups is 2. The van der Waals surface area contributed by atoms with Crippen molar-refractivity contribution in [3.8, 4) is 0 Å². The number of carbonyl (C=O) groups excluding carboxylic acids is 10. The van der Waals surface area contributed by atoms with E-state index in [9.17, 15) is 76.4 Å². The van der Waals surface area contributed by atoms with Gasteiger partial charge in [0.25, 0.3) is 0 Å². The Morgan fingerprint density at radius 2 is 1.10 bits per heavy atom. The van der Waals surface area contributed by atoms with E-state index in [0.717, 1.165) is 31.2 Å². The number of H-pyrrole nitrogens is 2. The summed E-state index contributed by atoms with van der Waals surface area (Å²) < 4.78 is 40.8. The lowest BCUT2D eigenvalue weighted by atomic mass is 9.99. The van der Waals surface area contributed by atoms with Crippen molar-refractivity contribution in [2.45, 2.75) is 165 Å². The van der Waals surface area contributed by atoms with E-state index in [1.807, 2.05) is 18.7 Å². The molecule has 3 aromatic carbocycles. The molecule has 0 aliphatic carbocycles. The Labute approximate surface area is 556 Å². The number of carboxylic acids is 1. The van der Waals surface area contributed by atoms with Crippen molar-refractivity contribution >= 4 is 86.8 Å². The average molecular weight is 1360 g/mol. The quantitative estimate of drug-likeness (QED) is 0.0805. The number of para-hydroxylation sites is 2. The van der Waals surface area contributed by atoms with Crippen molar-refractivity contribution in [3.05, 3.63) is 107 Å². The largest absolute Gasteiger partial charge is 0.480 e.